The summed E-state index contributed by atoms with van der Waals surface area (Å²) in [6.45, 7) is 5.62. The summed E-state index contributed by atoms with van der Waals surface area (Å²) in [5.41, 5.74) is 1.72. The van der Waals surface area contributed by atoms with E-state index in [2.05, 4.69) is 16.5 Å². The van der Waals surface area contributed by atoms with Gasteiger partial charge in [0, 0.05) is 37.9 Å². The molecule has 2 aromatic carbocycles. The Morgan fingerprint density at radius 3 is 2.80 bits per heavy atom. The number of nitriles is 1. The number of piperidine rings is 1. The molecule has 13 heteroatoms. The first-order valence-electron chi connectivity index (χ1n) is 15.0. The molecular formula is C33H32F2N6O5. The van der Waals surface area contributed by atoms with E-state index in [9.17, 15) is 14.3 Å². The second-order valence-electron chi connectivity index (χ2n) is 11.3. The molecule has 4 aromatic rings. The summed E-state index contributed by atoms with van der Waals surface area (Å²) < 4.78 is 48.9. The van der Waals surface area contributed by atoms with Crippen molar-refractivity contribution in [3.05, 3.63) is 89.9 Å². The molecule has 2 saturated heterocycles. The molecule has 4 atom stereocenters. The topological polar surface area (TPSA) is 136 Å². The third-order valence-electron chi connectivity index (χ3n) is 8.29. The van der Waals surface area contributed by atoms with Crippen molar-refractivity contribution in [1.29, 1.82) is 5.26 Å². The molecule has 2 aliphatic heterocycles. The number of ether oxygens (including phenoxy) is 3. The number of fused-ring (bicyclic) bond motifs is 1. The SMILES string of the molecule is C=C[C@@H](F)[C@H]1C[C@@H](Oc2ccnc(COc3ccc(C#N)cc3F)n2)CCN1Cc1nc2ccc(C(=O)O)cc2n1C[C@@H]1CCO1. The van der Waals surface area contributed by atoms with Gasteiger partial charge < -0.3 is 23.9 Å². The fourth-order valence-corrected chi connectivity index (χ4v) is 5.76. The van der Waals surface area contributed by atoms with Crippen LogP contribution in [0.5, 0.6) is 11.6 Å². The minimum atomic E-state index is -1.34. The highest BCUT2D eigenvalue weighted by Gasteiger charge is 2.35. The Labute approximate surface area is 263 Å². The lowest BCUT2D eigenvalue weighted by Gasteiger charge is -2.40. The number of carbonyl (C=O) groups is 1. The van der Waals surface area contributed by atoms with Gasteiger partial charge in [0.2, 0.25) is 5.88 Å². The molecule has 2 aromatic heterocycles. The van der Waals surface area contributed by atoms with Crippen LogP contribution in [0.15, 0.2) is 61.3 Å². The third-order valence-corrected chi connectivity index (χ3v) is 8.29. The Kier molecular flexibility index (Phi) is 9.18. The lowest BCUT2D eigenvalue weighted by atomic mass is 9.95. The molecule has 238 valence electrons. The predicted molar refractivity (Wildman–Crippen MR) is 161 cm³/mol. The molecular weight excluding hydrogens is 598 g/mol. The number of aromatic carboxylic acids is 1. The van der Waals surface area contributed by atoms with Crippen LogP contribution in [-0.2, 0) is 24.4 Å². The van der Waals surface area contributed by atoms with Crippen LogP contribution in [0.3, 0.4) is 0 Å². The molecule has 11 nitrogen and oxygen atoms in total. The molecule has 0 bridgehead atoms. The Balaban J connectivity index is 1.15. The van der Waals surface area contributed by atoms with Gasteiger partial charge in [-0.1, -0.05) is 6.08 Å². The fourth-order valence-electron chi connectivity index (χ4n) is 5.76. The number of hydrogen-bond donors (Lipinski definition) is 1. The van der Waals surface area contributed by atoms with Crippen LogP contribution in [0.1, 0.15) is 46.8 Å². The molecule has 0 spiro atoms. The first kappa shape index (κ1) is 31.1. The van der Waals surface area contributed by atoms with E-state index in [4.69, 9.17) is 24.5 Å². The average molecular weight is 631 g/mol. The molecule has 4 heterocycles. The van der Waals surface area contributed by atoms with Gasteiger partial charge in [0.1, 0.15) is 24.7 Å². The summed E-state index contributed by atoms with van der Waals surface area (Å²) in [5.74, 6) is -0.453. The van der Waals surface area contributed by atoms with Crippen molar-refractivity contribution in [2.75, 3.05) is 13.2 Å². The maximum Gasteiger partial charge on any atom is 0.335 e. The van der Waals surface area contributed by atoms with Gasteiger partial charge in [-0.25, -0.2) is 23.5 Å². The number of aromatic nitrogens is 4. The van der Waals surface area contributed by atoms with Crippen molar-refractivity contribution in [2.24, 2.45) is 0 Å². The smallest absolute Gasteiger partial charge is 0.335 e. The molecule has 2 aliphatic rings. The van der Waals surface area contributed by atoms with E-state index in [0.717, 1.165) is 12.5 Å². The van der Waals surface area contributed by atoms with Gasteiger partial charge in [-0.15, -0.1) is 6.58 Å². The van der Waals surface area contributed by atoms with Gasteiger partial charge in [-0.3, -0.25) is 4.90 Å². The molecule has 0 aliphatic carbocycles. The summed E-state index contributed by atoms with van der Waals surface area (Å²) in [4.78, 5) is 27.1. The van der Waals surface area contributed by atoms with Crippen LogP contribution < -0.4 is 9.47 Å². The largest absolute Gasteiger partial charge is 0.483 e. The molecule has 0 radical (unpaired) electrons. The predicted octanol–water partition coefficient (Wildman–Crippen LogP) is 4.84. The van der Waals surface area contributed by atoms with Crippen LogP contribution >= 0.6 is 0 Å². The maximum absolute atomic E-state index is 15.4. The highest BCUT2D eigenvalue weighted by Crippen LogP contribution is 2.29. The van der Waals surface area contributed by atoms with Crippen LogP contribution in [0, 0.1) is 17.1 Å². The molecule has 0 amide bonds. The van der Waals surface area contributed by atoms with E-state index in [0.29, 0.717) is 55.9 Å². The van der Waals surface area contributed by atoms with Crippen molar-refractivity contribution in [3.63, 3.8) is 0 Å². The highest BCUT2D eigenvalue weighted by molar-refractivity contribution is 5.92. The maximum atomic E-state index is 15.4. The number of rotatable bonds is 12. The number of likely N-dealkylation sites (tertiary alicyclic amines) is 1. The van der Waals surface area contributed by atoms with E-state index in [1.165, 1.54) is 30.5 Å². The van der Waals surface area contributed by atoms with Crippen LogP contribution in [0.4, 0.5) is 8.78 Å². The Hall–Kier alpha value is -4.93. The van der Waals surface area contributed by atoms with E-state index in [1.807, 2.05) is 15.5 Å². The summed E-state index contributed by atoms with van der Waals surface area (Å²) in [7, 11) is 0. The number of hydrogen-bond acceptors (Lipinski definition) is 9. The molecule has 46 heavy (non-hydrogen) atoms. The van der Waals surface area contributed by atoms with Crippen molar-refractivity contribution in [1.82, 2.24) is 24.4 Å². The number of carboxylic acids is 1. The Morgan fingerprint density at radius 1 is 1.24 bits per heavy atom. The molecule has 6 rings (SSSR count). The third kappa shape index (κ3) is 6.83. The number of halogens is 2. The summed E-state index contributed by atoms with van der Waals surface area (Å²) in [6, 6.07) is 11.7. The average Bonchev–Trinajstić information content (AvgIpc) is 3.38. The zero-order valence-corrected chi connectivity index (χ0v) is 24.9. The van der Waals surface area contributed by atoms with Gasteiger partial charge in [0.15, 0.2) is 17.4 Å². The molecule has 2 fully saturated rings. The van der Waals surface area contributed by atoms with Crippen LogP contribution in [0.2, 0.25) is 0 Å². The Bertz CT molecular complexity index is 1790. The number of imidazole rings is 1. The minimum Gasteiger partial charge on any atom is -0.483 e. The lowest BCUT2D eigenvalue weighted by molar-refractivity contribution is -0.0594. The van der Waals surface area contributed by atoms with Crippen molar-refractivity contribution < 1.29 is 32.9 Å². The van der Waals surface area contributed by atoms with E-state index in [-0.39, 0.29) is 47.4 Å². The number of nitrogens with zero attached hydrogens (tertiary/aromatic N) is 6. The summed E-state index contributed by atoms with van der Waals surface area (Å²) in [5, 5.41) is 18.5. The minimum absolute atomic E-state index is 0.00737. The first-order chi connectivity index (χ1) is 22.3. The standard InChI is InChI=1S/C33H32F2N6O5/c1-2-24(34)27-15-22(46-32-7-10-37-30(39-32)19-45-29-6-3-20(16-36)13-25(29)35)8-11-40(27)18-31-38-26-5-4-21(33(42)43)14-28(26)41(31)17-23-9-12-44-23/h2-7,10,13-14,22-24,27H,1,8-9,11-12,15,17-19H2,(H,42,43)/t22-,23-,24+,27+/m0/s1. The Morgan fingerprint density at radius 2 is 2.09 bits per heavy atom. The van der Waals surface area contributed by atoms with E-state index < -0.39 is 24.0 Å². The van der Waals surface area contributed by atoms with Gasteiger partial charge in [-0.05, 0) is 49.2 Å². The number of alkyl halides is 1. The summed E-state index contributed by atoms with van der Waals surface area (Å²) >= 11 is 0. The zero-order valence-electron chi connectivity index (χ0n) is 24.9. The fraction of sp³-hybridized carbons (Fsp3) is 0.364. The normalized spacial score (nSPS) is 20.4. The van der Waals surface area contributed by atoms with Crippen molar-refractivity contribution in [3.8, 4) is 17.7 Å². The van der Waals surface area contributed by atoms with Crippen molar-refractivity contribution in [2.45, 2.75) is 63.4 Å². The number of carboxylic acid groups (broad SMARTS) is 1. The quantitative estimate of drug-likeness (QED) is 0.217. The van der Waals surface area contributed by atoms with Crippen LogP contribution in [-0.4, -0.2) is 73.1 Å². The van der Waals surface area contributed by atoms with Crippen molar-refractivity contribution >= 4 is 17.0 Å². The summed E-state index contributed by atoms with van der Waals surface area (Å²) in [6.07, 6.45) is 2.96. The van der Waals surface area contributed by atoms with E-state index >= 15 is 4.39 Å². The molecule has 1 N–H and O–H groups in total. The zero-order chi connectivity index (χ0) is 32.2. The second-order valence-corrected chi connectivity index (χ2v) is 11.3. The monoisotopic (exact) mass is 630 g/mol. The molecule has 0 saturated carbocycles. The van der Waals surface area contributed by atoms with Gasteiger partial charge in [0.05, 0.1) is 47.4 Å². The lowest BCUT2D eigenvalue weighted by Crippen LogP contribution is -2.50. The van der Waals surface area contributed by atoms with Crippen LogP contribution in [0.25, 0.3) is 11.0 Å². The van der Waals surface area contributed by atoms with Gasteiger partial charge in [-0.2, -0.15) is 10.2 Å². The van der Waals surface area contributed by atoms with Gasteiger partial charge >= 0.3 is 5.97 Å². The highest BCUT2D eigenvalue weighted by atomic mass is 19.1. The van der Waals surface area contributed by atoms with Gasteiger partial charge in [0.25, 0.3) is 0 Å². The first-order valence-corrected chi connectivity index (χ1v) is 15.0. The second kappa shape index (κ2) is 13.6. The molecule has 0 unspecified atom stereocenters. The van der Waals surface area contributed by atoms with E-state index in [1.54, 1.807) is 18.2 Å². The number of benzene rings is 2.